The third kappa shape index (κ3) is 4.71. The van der Waals surface area contributed by atoms with E-state index in [4.69, 9.17) is 5.73 Å². The van der Waals surface area contributed by atoms with Gasteiger partial charge in [-0.2, -0.15) is 0 Å². The van der Waals surface area contributed by atoms with Crippen LogP contribution in [-0.4, -0.2) is 34.6 Å². The minimum absolute atomic E-state index is 0.130. The number of carbonyl (C=O) groups is 1. The molecule has 1 fully saturated rings. The van der Waals surface area contributed by atoms with Crippen LogP contribution < -0.4 is 11.1 Å². The summed E-state index contributed by atoms with van der Waals surface area (Å²) in [5.74, 6) is 2.04. The van der Waals surface area contributed by atoms with Crippen molar-refractivity contribution in [3.8, 4) is 0 Å². The van der Waals surface area contributed by atoms with Crippen LogP contribution in [0.1, 0.15) is 33.2 Å². The van der Waals surface area contributed by atoms with Crippen LogP contribution in [0.2, 0.25) is 0 Å². The largest absolute Gasteiger partial charge is 0.385 e. The van der Waals surface area contributed by atoms with Gasteiger partial charge >= 0.3 is 0 Å². The Kier molecular flexibility index (Phi) is 5.94. The molecule has 0 amide bonds. The van der Waals surface area contributed by atoms with Crippen molar-refractivity contribution in [2.75, 3.05) is 24.2 Å². The van der Waals surface area contributed by atoms with Gasteiger partial charge < -0.3 is 11.1 Å². The summed E-state index contributed by atoms with van der Waals surface area (Å²) >= 11 is 3.03. The fourth-order valence-electron chi connectivity index (χ4n) is 3.02. The van der Waals surface area contributed by atoms with E-state index in [2.05, 4.69) is 27.4 Å². The van der Waals surface area contributed by atoms with Crippen molar-refractivity contribution in [1.82, 2.24) is 9.97 Å². The molecule has 0 atom stereocenters. The van der Waals surface area contributed by atoms with Crippen LogP contribution >= 0.6 is 23.1 Å². The lowest BCUT2D eigenvalue weighted by Crippen LogP contribution is -2.04. The number of carbonyl (C=O) groups excluding carboxylic acids is 1. The fourth-order valence-corrected chi connectivity index (χ4v) is 5.02. The van der Waals surface area contributed by atoms with Gasteiger partial charge in [-0.3, -0.25) is 4.79 Å². The van der Waals surface area contributed by atoms with Crippen LogP contribution in [0.25, 0.3) is 10.9 Å². The molecule has 0 aliphatic heterocycles. The van der Waals surface area contributed by atoms with E-state index in [1.165, 1.54) is 35.9 Å². The highest BCUT2D eigenvalue weighted by atomic mass is 32.2. The molecular weight excluding hydrogens is 388 g/mol. The fraction of sp³-hybridized carbons (Fsp3) is 0.381. The van der Waals surface area contributed by atoms with Gasteiger partial charge in [0.15, 0.2) is 5.78 Å². The zero-order valence-electron chi connectivity index (χ0n) is 15.9. The number of fused-ring (bicyclic) bond motifs is 1. The molecule has 0 unspecified atom stereocenters. The topological polar surface area (TPSA) is 80.9 Å². The number of nitrogens with zero attached hydrogens (tertiary/aromatic N) is 2. The number of nitrogens with one attached hydrogen (secondary N) is 1. The number of hydrogen-bond acceptors (Lipinski definition) is 7. The lowest BCUT2D eigenvalue weighted by Gasteiger charge is -2.10. The summed E-state index contributed by atoms with van der Waals surface area (Å²) in [4.78, 5) is 23.7. The first-order valence-electron chi connectivity index (χ1n) is 9.59. The van der Waals surface area contributed by atoms with E-state index < -0.39 is 0 Å². The van der Waals surface area contributed by atoms with E-state index in [-0.39, 0.29) is 5.78 Å². The Morgan fingerprint density at radius 2 is 2.14 bits per heavy atom. The summed E-state index contributed by atoms with van der Waals surface area (Å²) in [7, 11) is 0. The average molecular weight is 413 g/mol. The molecule has 0 bridgehead atoms. The second-order valence-corrected chi connectivity index (χ2v) is 9.28. The normalized spacial score (nSPS) is 13.8. The van der Waals surface area contributed by atoms with Crippen molar-refractivity contribution in [3.05, 3.63) is 45.9 Å². The molecule has 0 spiro atoms. The van der Waals surface area contributed by atoms with Crippen molar-refractivity contribution in [1.29, 1.82) is 0 Å². The maximum atomic E-state index is 12.6. The third-order valence-electron chi connectivity index (χ3n) is 4.73. The van der Waals surface area contributed by atoms with Crippen LogP contribution in [0.5, 0.6) is 0 Å². The maximum absolute atomic E-state index is 12.6. The van der Waals surface area contributed by atoms with Gasteiger partial charge in [-0.05, 0) is 69.0 Å². The number of aryl methyl sites for hydroxylation is 1. The van der Waals surface area contributed by atoms with Gasteiger partial charge in [0.1, 0.15) is 10.9 Å². The highest BCUT2D eigenvalue weighted by Gasteiger charge is 2.20. The standard InChI is InChI=1S/C21H24N4OS2/c1-13-24-18-6-4-15(23-11-14-2-3-14)10-17(18)21(25-13)27-12-19(26)20-7-5-16(28-20)8-9-22/h4-7,10,14,23H,2-3,8-9,11-12,22H2,1H3. The van der Waals surface area contributed by atoms with Gasteiger partial charge in [-0.25, -0.2) is 9.97 Å². The monoisotopic (exact) mass is 412 g/mol. The molecule has 2 aromatic heterocycles. The van der Waals surface area contributed by atoms with Gasteiger partial charge in [0.05, 0.1) is 16.1 Å². The van der Waals surface area contributed by atoms with E-state index >= 15 is 0 Å². The van der Waals surface area contributed by atoms with Crippen LogP contribution in [0.4, 0.5) is 5.69 Å². The van der Waals surface area contributed by atoms with Gasteiger partial charge in [-0.15, -0.1) is 11.3 Å². The number of thioether (sulfide) groups is 1. The Morgan fingerprint density at radius 3 is 2.93 bits per heavy atom. The number of ketones is 1. The first-order valence-corrected chi connectivity index (χ1v) is 11.4. The number of benzene rings is 1. The first kappa shape index (κ1) is 19.4. The third-order valence-corrected chi connectivity index (χ3v) is 6.91. The summed E-state index contributed by atoms with van der Waals surface area (Å²) in [5.41, 5.74) is 7.60. The van der Waals surface area contributed by atoms with E-state index in [1.54, 1.807) is 0 Å². The Bertz CT molecular complexity index is 997. The second kappa shape index (κ2) is 8.59. The summed E-state index contributed by atoms with van der Waals surface area (Å²) in [6, 6.07) is 10.1. The summed E-state index contributed by atoms with van der Waals surface area (Å²) < 4.78 is 0. The lowest BCUT2D eigenvalue weighted by molar-refractivity contribution is 0.102. The minimum atomic E-state index is 0.130. The minimum Gasteiger partial charge on any atom is -0.385 e. The molecule has 2 heterocycles. The van der Waals surface area contributed by atoms with Crippen molar-refractivity contribution >= 4 is 45.5 Å². The molecule has 0 radical (unpaired) electrons. The zero-order valence-corrected chi connectivity index (χ0v) is 17.5. The predicted molar refractivity (Wildman–Crippen MR) is 118 cm³/mol. The maximum Gasteiger partial charge on any atom is 0.183 e. The quantitative estimate of drug-likeness (QED) is 0.310. The van der Waals surface area contributed by atoms with Crippen LogP contribution in [0.15, 0.2) is 35.4 Å². The highest BCUT2D eigenvalue weighted by Crippen LogP contribution is 2.31. The molecular formula is C21H24N4OS2. The molecule has 7 heteroatoms. The molecule has 146 valence electrons. The molecule has 3 aromatic rings. The highest BCUT2D eigenvalue weighted by molar-refractivity contribution is 8.00. The summed E-state index contributed by atoms with van der Waals surface area (Å²) in [6.07, 6.45) is 3.46. The first-order chi connectivity index (χ1) is 13.6. The number of hydrogen-bond donors (Lipinski definition) is 2. The smallest absolute Gasteiger partial charge is 0.183 e. The molecule has 4 rings (SSSR count). The zero-order chi connectivity index (χ0) is 19.5. The van der Waals surface area contributed by atoms with Crippen LogP contribution in [-0.2, 0) is 6.42 Å². The van der Waals surface area contributed by atoms with Gasteiger partial charge in [0.2, 0.25) is 0 Å². The average Bonchev–Trinajstić information content (AvgIpc) is 3.41. The van der Waals surface area contributed by atoms with Crippen molar-refractivity contribution in [2.45, 2.75) is 31.2 Å². The van der Waals surface area contributed by atoms with E-state index in [0.717, 1.165) is 56.1 Å². The predicted octanol–water partition coefficient (Wildman–Crippen LogP) is 4.30. The van der Waals surface area contributed by atoms with Crippen LogP contribution in [0, 0.1) is 12.8 Å². The number of anilines is 1. The van der Waals surface area contributed by atoms with Gasteiger partial charge in [0, 0.05) is 22.5 Å². The van der Waals surface area contributed by atoms with Crippen molar-refractivity contribution < 1.29 is 4.79 Å². The number of rotatable bonds is 9. The molecule has 5 nitrogen and oxygen atoms in total. The van der Waals surface area contributed by atoms with Crippen molar-refractivity contribution in [3.63, 3.8) is 0 Å². The van der Waals surface area contributed by atoms with Crippen molar-refractivity contribution in [2.24, 2.45) is 11.7 Å². The second-order valence-electron chi connectivity index (χ2n) is 7.15. The Hall–Kier alpha value is -1.96. The molecule has 1 saturated carbocycles. The molecule has 1 aliphatic carbocycles. The molecule has 28 heavy (non-hydrogen) atoms. The number of Topliss-reactive ketones (excluding diaryl/α,β-unsaturated/α-hetero) is 1. The van der Waals surface area contributed by atoms with Gasteiger partial charge in [-0.1, -0.05) is 11.8 Å². The molecule has 3 N–H and O–H groups in total. The molecule has 1 aromatic carbocycles. The SMILES string of the molecule is Cc1nc(SCC(=O)c2ccc(CCN)s2)c2cc(NCC3CC3)ccc2n1. The molecule has 1 aliphatic rings. The Morgan fingerprint density at radius 1 is 1.29 bits per heavy atom. The Labute approximate surface area is 173 Å². The summed E-state index contributed by atoms with van der Waals surface area (Å²) in [6.45, 7) is 3.51. The van der Waals surface area contributed by atoms with E-state index in [0.29, 0.717) is 12.3 Å². The number of nitrogens with two attached hydrogens (primary N) is 1. The number of aromatic nitrogens is 2. The lowest BCUT2D eigenvalue weighted by atomic mass is 10.2. The molecule has 0 saturated heterocycles. The van der Waals surface area contributed by atoms with E-state index in [9.17, 15) is 4.79 Å². The Balaban J connectivity index is 1.50. The van der Waals surface area contributed by atoms with Gasteiger partial charge in [0.25, 0.3) is 0 Å². The summed E-state index contributed by atoms with van der Waals surface area (Å²) in [5, 5.41) is 5.37. The number of thiophene rings is 1. The van der Waals surface area contributed by atoms with E-state index in [1.807, 2.05) is 25.1 Å². The van der Waals surface area contributed by atoms with Crippen LogP contribution in [0.3, 0.4) is 0 Å².